The second-order valence-electron chi connectivity index (χ2n) is 6.13. The largest absolute Gasteiger partial charge is 0.468 e. The van der Waals surface area contributed by atoms with Crippen LogP contribution in [0.5, 0.6) is 0 Å². The summed E-state index contributed by atoms with van der Waals surface area (Å²) in [5, 5.41) is 10.9. The highest BCUT2D eigenvalue weighted by Crippen LogP contribution is 2.20. The van der Waals surface area contributed by atoms with Gasteiger partial charge in [0.1, 0.15) is 5.76 Å². The van der Waals surface area contributed by atoms with Gasteiger partial charge >= 0.3 is 6.03 Å². The summed E-state index contributed by atoms with van der Waals surface area (Å²) in [5.41, 5.74) is 2.29. The zero-order valence-corrected chi connectivity index (χ0v) is 14.8. The first-order chi connectivity index (χ1) is 12.0. The van der Waals surface area contributed by atoms with E-state index in [1.54, 1.807) is 17.1 Å². The molecule has 25 heavy (non-hydrogen) atoms. The first kappa shape index (κ1) is 17.0. The van der Waals surface area contributed by atoms with Crippen molar-refractivity contribution in [3.8, 4) is 0 Å². The molecule has 3 rings (SSSR count). The Morgan fingerprint density at radius 1 is 1.44 bits per heavy atom. The Morgan fingerprint density at radius 3 is 2.92 bits per heavy atom. The smallest absolute Gasteiger partial charge is 0.319 e. The van der Waals surface area contributed by atoms with Crippen LogP contribution in [0.2, 0.25) is 0 Å². The van der Waals surface area contributed by atoms with E-state index in [9.17, 15) is 4.79 Å². The lowest BCUT2D eigenvalue weighted by Crippen LogP contribution is -2.36. The molecule has 0 bridgehead atoms. The van der Waals surface area contributed by atoms with Crippen LogP contribution in [0.25, 0.3) is 11.0 Å². The van der Waals surface area contributed by atoms with Crippen molar-refractivity contribution in [3.05, 3.63) is 42.1 Å². The number of rotatable bonds is 5. The number of hydrogen-bond acceptors (Lipinski definition) is 5. The maximum atomic E-state index is 12.2. The molecule has 0 aliphatic rings. The molecule has 2 N–H and O–H groups in total. The van der Waals surface area contributed by atoms with Gasteiger partial charge in [-0.3, -0.25) is 9.58 Å². The molecule has 3 aromatic heterocycles. The third kappa shape index (κ3) is 3.63. The van der Waals surface area contributed by atoms with Crippen molar-refractivity contribution < 1.29 is 9.21 Å². The summed E-state index contributed by atoms with van der Waals surface area (Å²) in [6.45, 7) is 2.34. The fourth-order valence-corrected chi connectivity index (χ4v) is 2.76. The van der Waals surface area contributed by atoms with E-state index in [4.69, 9.17) is 4.42 Å². The van der Waals surface area contributed by atoms with Gasteiger partial charge in [-0.1, -0.05) is 0 Å². The first-order valence-electron chi connectivity index (χ1n) is 7.99. The highest BCUT2D eigenvalue weighted by molar-refractivity contribution is 5.92. The molecule has 2 amide bonds. The topological polar surface area (TPSA) is 88.2 Å². The zero-order valence-electron chi connectivity index (χ0n) is 14.8. The van der Waals surface area contributed by atoms with Gasteiger partial charge < -0.3 is 15.1 Å². The molecule has 8 nitrogen and oxygen atoms in total. The Labute approximate surface area is 145 Å². The second kappa shape index (κ2) is 6.94. The van der Waals surface area contributed by atoms with Crippen LogP contribution in [0.3, 0.4) is 0 Å². The number of urea groups is 1. The minimum atomic E-state index is -0.291. The van der Waals surface area contributed by atoms with E-state index in [1.165, 1.54) is 0 Å². The molecule has 0 aromatic carbocycles. The molecule has 8 heteroatoms. The Hall–Kier alpha value is -2.87. The van der Waals surface area contributed by atoms with Crippen LogP contribution in [-0.2, 0) is 7.05 Å². The monoisotopic (exact) mass is 342 g/mol. The fourth-order valence-electron chi connectivity index (χ4n) is 2.76. The summed E-state index contributed by atoms with van der Waals surface area (Å²) in [6, 6.07) is 5.28. The fraction of sp³-hybridized carbons (Fsp3) is 0.353. The van der Waals surface area contributed by atoms with E-state index in [0.717, 1.165) is 22.5 Å². The molecule has 0 fully saturated rings. The highest BCUT2D eigenvalue weighted by atomic mass is 16.3. The van der Waals surface area contributed by atoms with Gasteiger partial charge in [0.15, 0.2) is 5.65 Å². The van der Waals surface area contributed by atoms with E-state index in [1.807, 2.05) is 51.2 Å². The molecule has 0 spiro atoms. The standard InChI is InChI=1S/C17H22N6O2/c1-11-13-8-12(9-18-16(13)23(4)21-11)20-17(24)19-10-14(22(2)3)15-6-5-7-25-15/h5-9,14H,10H2,1-4H3,(H2,19,20,24)/t14-/m1/s1. The van der Waals surface area contributed by atoms with Gasteiger partial charge in [0.25, 0.3) is 0 Å². The lowest BCUT2D eigenvalue weighted by atomic mass is 10.2. The van der Waals surface area contributed by atoms with Gasteiger partial charge in [-0.05, 0) is 39.2 Å². The van der Waals surface area contributed by atoms with Gasteiger partial charge in [-0.2, -0.15) is 5.10 Å². The van der Waals surface area contributed by atoms with E-state index in [2.05, 4.69) is 20.7 Å². The molecular weight excluding hydrogens is 320 g/mol. The van der Waals surface area contributed by atoms with Crippen LogP contribution in [0.1, 0.15) is 17.5 Å². The van der Waals surface area contributed by atoms with Gasteiger partial charge in [-0.25, -0.2) is 9.78 Å². The van der Waals surface area contributed by atoms with Crippen molar-refractivity contribution in [2.75, 3.05) is 26.0 Å². The molecule has 0 aliphatic heterocycles. The maximum Gasteiger partial charge on any atom is 0.319 e. The van der Waals surface area contributed by atoms with Crippen molar-refractivity contribution >= 4 is 22.8 Å². The number of furan rings is 1. The minimum Gasteiger partial charge on any atom is -0.468 e. The van der Waals surface area contributed by atoms with Crippen molar-refractivity contribution in [3.63, 3.8) is 0 Å². The minimum absolute atomic E-state index is 0.0399. The third-order valence-corrected chi connectivity index (χ3v) is 4.07. The lowest BCUT2D eigenvalue weighted by Gasteiger charge is -2.22. The number of nitrogens with one attached hydrogen (secondary N) is 2. The Kier molecular flexibility index (Phi) is 4.71. The zero-order chi connectivity index (χ0) is 18.0. The highest BCUT2D eigenvalue weighted by Gasteiger charge is 2.18. The molecule has 0 radical (unpaired) electrons. The van der Waals surface area contributed by atoms with Crippen LogP contribution >= 0.6 is 0 Å². The quantitative estimate of drug-likeness (QED) is 0.743. The van der Waals surface area contributed by atoms with E-state index < -0.39 is 0 Å². The van der Waals surface area contributed by atoms with Crippen molar-refractivity contribution in [1.29, 1.82) is 0 Å². The number of pyridine rings is 1. The number of aromatic nitrogens is 3. The summed E-state index contributed by atoms with van der Waals surface area (Å²) >= 11 is 0. The molecule has 0 saturated carbocycles. The van der Waals surface area contributed by atoms with Gasteiger partial charge in [0.05, 0.1) is 29.9 Å². The Bertz CT molecular complexity index is 869. The molecule has 0 aliphatic carbocycles. The Balaban J connectivity index is 1.65. The average molecular weight is 342 g/mol. The molecular formula is C17H22N6O2. The SMILES string of the molecule is Cc1nn(C)c2ncc(NC(=O)NC[C@H](c3ccco3)N(C)C)cc12. The van der Waals surface area contributed by atoms with Crippen molar-refractivity contribution in [2.45, 2.75) is 13.0 Å². The predicted octanol–water partition coefficient (Wildman–Crippen LogP) is 2.29. The van der Waals surface area contributed by atoms with E-state index in [-0.39, 0.29) is 12.1 Å². The summed E-state index contributed by atoms with van der Waals surface area (Å²) < 4.78 is 7.16. The predicted molar refractivity (Wildman–Crippen MR) is 95.4 cm³/mol. The molecule has 0 saturated heterocycles. The Morgan fingerprint density at radius 2 is 2.24 bits per heavy atom. The van der Waals surface area contributed by atoms with Gasteiger partial charge in [-0.15, -0.1) is 0 Å². The van der Waals surface area contributed by atoms with E-state index >= 15 is 0 Å². The maximum absolute atomic E-state index is 12.2. The number of hydrogen-bond donors (Lipinski definition) is 2. The first-order valence-corrected chi connectivity index (χ1v) is 7.99. The van der Waals surface area contributed by atoms with Crippen LogP contribution in [0, 0.1) is 6.92 Å². The number of aryl methyl sites for hydroxylation is 2. The molecule has 3 heterocycles. The molecule has 0 unspecified atom stereocenters. The molecule has 1 atom stereocenters. The molecule has 132 valence electrons. The number of likely N-dealkylation sites (N-methyl/N-ethyl adjacent to an activating group) is 1. The van der Waals surface area contributed by atoms with Gasteiger partial charge in [0, 0.05) is 19.0 Å². The van der Waals surface area contributed by atoms with Crippen molar-refractivity contribution in [1.82, 2.24) is 25.0 Å². The average Bonchev–Trinajstić information content (AvgIpc) is 3.17. The van der Waals surface area contributed by atoms with Crippen molar-refractivity contribution in [2.24, 2.45) is 7.05 Å². The number of fused-ring (bicyclic) bond motifs is 1. The van der Waals surface area contributed by atoms with Crippen LogP contribution in [0.15, 0.2) is 35.1 Å². The van der Waals surface area contributed by atoms with Gasteiger partial charge in [0.2, 0.25) is 0 Å². The summed E-state index contributed by atoms with van der Waals surface area (Å²) in [5.74, 6) is 0.805. The van der Waals surface area contributed by atoms with E-state index in [0.29, 0.717) is 12.2 Å². The van der Waals surface area contributed by atoms with Crippen LogP contribution in [0.4, 0.5) is 10.5 Å². The van der Waals surface area contributed by atoms with Crippen LogP contribution in [-0.4, -0.2) is 46.3 Å². The second-order valence-corrected chi connectivity index (χ2v) is 6.13. The normalized spacial score (nSPS) is 12.5. The number of carbonyl (C=O) groups is 1. The summed E-state index contributed by atoms with van der Waals surface area (Å²) in [4.78, 5) is 18.6. The number of amides is 2. The molecule has 3 aromatic rings. The lowest BCUT2D eigenvalue weighted by molar-refractivity contribution is 0.233. The van der Waals surface area contributed by atoms with Crippen LogP contribution < -0.4 is 10.6 Å². The summed E-state index contributed by atoms with van der Waals surface area (Å²) in [6.07, 6.45) is 3.25. The number of anilines is 1. The third-order valence-electron chi connectivity index (χ3n) is 4.07. The number of nitrogens with zero attached hydrogens (tertiary/aromatic N) is 4. The number of carbonyl (C=O) groups excluding carboxylic acids is 1. The summed E-state index contributed by atoms with van der Waals surface area (Å²) in [7, 11) is 5.73.